The largest absolute Gasteiger partial charge is 0.379 e. The summed E-state index contributed by atoms with van der Waals surface area (Å²) < 4.78 is 46.0. The predicted molar refractivity (Wildman–Crippen MR) is 95.1 cm³/mol. The standard InChI is InChI=1S/C18H19FN2O4S/c1-13-6-7-14(12-16(13)19)20-18(22)15-4-2-3-5-17(15)26(23,24)21-8-10-25-11-9-21/h2-7,12H,8-11H2,1H3,(H,20,22). The number of ether oxygens (including phenoxy) is 1. The van der Waals surface area contributed by atoms with E-state index in [2.05, 4.69) is 5.32 Å². The van der Waals surface area contributed by atoms with Gasteiger partial charge in [-0.2, -0.15) is 4.31 Å². The fourth-order valence-corrected chi connectivity index (χ4v) is 4.27. The maximum absolute atomic E-state index is 13.7. The van der Waals surface area contributed by atoms with E-state index in [1.165, 1.54) is 22.5 Å². The number of sulfonamides is 1. The van der Waals surface area contributed by atoms with Crippen molar-refractivity contribution in [1.29, 1.82) is 0 Å². The van der Waals surface area contributed by atoms with Crippen molar-refractivity contribution in [2.75, 3.05) is 31.6 Å². The van der Waals surface area contributed by atoms with Gasteiger partial charge in [0.15, 0.2) is 0 Å². The molecule has 0 aromatic heterocycles. The van der Waals surface area contributed by atoms with E-state index in [9.17, 15) is 17.6 Å². The Bertz CT molecular complexity index is 925. The number of aryl methyl sites for hydroxylation is 1. The summed E-state index contributed by atoms with van der Waals surface area (Å²) in [6, 6.07) is 10.3. The molecule has 6 nitrogen and oxygen atoms in total. The number of benzene rings is 2. The average Bonchev–Trinajstić information content (AvgIpc) is 2.65. The molecule has 1 saturated heterocycles. The van der Waals surface area contributed by atoms with Gasteiger partial charge in [0.05, 0.1) is 23.7 Å². The number of halogens is 1. The van der Waals surface area contributed by atoms with E-state index < -0.39 is 21.7 Å². The molecule has 0 aliphatic carbocycles. The molecule has 26 heavy (non-hydrogen) atoms. The second kappa shape index (κ2) is 7.53. The zero-order chi connectivity index (χ0) is 18.7. The van der Waals surface area contributed by atoms with E-state index in [4.69, 9.17) is 4.74 Å². The number of amides is 1. The molecule has 0 bridgehead atoms. The zero-order valence-electron chi connectivity index (χ0n) is 14.2. The summed E-state index contributed by atoms with van der Waals surface area (Å²) in [5, 5.41) is 2.56. The van der Waals surface area contributed by atoms with Crippen molar-refractivity contribution in [3.63, 3.8) is 0 Å². The maximum Gasteiger partial charge on any atom is 0.257 e. The number of hydrogen-bond acceptors (Lipinski definition) is 4. The minimum Gasteiger partial charge on any atom is -0.379 e. The van der Waals surface area contributed by atoms with Gasteiger partial charge in [0.1, 0.15) is 5.82 Å². The van der Waals surface area contributed by atoms with Gasteiger partial charge in [0.2, 0.25) is 10.0 Å². The molecule has 1 amide bonds. The quantitative estimate of drug-likeness (QED) is 0.887. The Morgan fingerprint density at radius 1 is 1.15 bits per heavy atom. The Labute approximate surface area is 151 Å². The van der Waals surface area contributed by atoms with Gasteiger partial charge in [-0.25, -0.2) is 12.8 Å². The van der Waals surface area contributed by atoms with Crippen LogP contribution in [0, 0.1) is 12.7 Å². The number of nitrogens with zero attached hydrogens (tertiary/aromatic N) is 1. The molecule has 0 saturated carbocycles. The molecule has 1 heterocycles. The first-order valence-corrected chi connectivity index (χ1v) is 9.58. The van der Waals surface area contributed by atoms with E-state index in [0.717, 1.165) is 0 Å². The highest BCUT2D eigenvalue weighted by molar-refractivity contribution is 7.89. The number of rotatable bonds is 4. The summed E-state index contributed by atoms with van der Waals surface area (Å²) in [5.74, 6) is -1.06. The van der Waals surface area contributed by atoms with Gasteiger partial charge >= 0.3 is 0 Å². The lowest BCUT2D eigenvalue weighted by Crippen LogP contribution is -2.41. The highest BCUT2D eigenvalue weighted by Crippen LogP contribution is 2.23. The van der Waals surface area contributed by atoms with E-state index in [1.54, 1.807) is 31.2 Å². The molecule has 138 valence electrons. The van der Waals surface area contributed by atoms with Crippen molar-refractivity contribution >= 4 is 21.6 Å². The first-order valence-electron chi connectivity index (χ1n) is 8.14. The number of nitrogens with one attached hydrogen (secondary N) is 1. The van der Waals surface area contributed by atoms with Crippen LogP contribution in [0.2, 0.25) is 0 Å². The van der Waals surface area contributed by atoms with Crippen molar-refractivity contribution < 1.29 is 22.3 Å². The van der Waals surface area contributed by atoms with E-state index in [-0.39, 0.29) is 29.2 Å². The third-order valence-corrected chi connectivity index (χ3v) is 6.11. The first-order chi connectivity index (χ1) is 12.4. The molecular weight excluding hydrogens is 359 g/mol. The highest BCUT2D eigenvalue weighted by Gasteiger charge is 2.30. The molecule has 3 rings (SSSR count). The lowest BCUT2D eigenvalue weighted by molar-refractivity contribution is 0.0730. The summed E-state index contributed by atoms with van der Waals surface area (Å²) in [6.45, 7) is 2.72. The van der Waals surface area contributed by atoms with Crippen LogP contribution in [-0.4, -0.2) is 44.9 Å². The molecule has 0 spiro atoms. The second-order valence-corrected chi connectivity index (χ2v) is 7.84. The number of morpholine rings is 1. The molecular formula is C18H19FN2O4S. The predicted octanol–water partition coefficient (Wildman–Crippen LogP) is 2.41. The van der Waals surface area contributed by atoms with Gasteiger partial charge in [0, 0.05) is 18.8 Å². The van der Waals surface area contributed by atoms with Crippen molar-refractivity contribution in [2.45, 2.75) is 11.8 Å². The van der Waals surface area contributed by atoms with Crippen molar-refractivity contribution in [3.05, 3.63) is 59.4 Å². The molecule has 1 N–H and O–H groups in total. The Kier molecular flexibility index (Phi) is 5.36. The van der Waals surface area contributed by atoms with Crippen LogP contribution in [0.3, 0.4) is 0 Å². The van der Waals surface area contributed by atoms with Gasteiger partial charge in [-0.3, -0.25) is 4.79 Å². The number of hydrogen-bond donors (Lipinski definition) is 1. The molecule has 2 aromatic carbocycles. The SMILES string of the molecule is Cc1ccc(NC(=O)c2ccccc2S(=O)(=O)N2CCOCC2)cc1F. The monoisotopic (exact) mass is 378 g/mol. The molecule has 2 aromatic rings. The fourth-order valence-electron chi connectivity index (χ4n) is 2.67. The Balaban J connectivity index is 1.91. The van der Waals surface area contributed by atoms with Gasteiger partial charge in [-0.05, 0) is 36.8 Å². The summed E-state index contributed by atoms with van der Waals surface area (Å²) >= 11 is 0. The lowest BCUT2D eigenvalue weighted by Gasteiger charge is -2.26. The number of carbonyl (C=O) groups excluding carboxylic acids is 1. The van der Waals surface area contributed by atoms with E-state index in [0.29, 0.717) is 18.8 Å². The van der Waals surface area contributed by atoms with Crippen LogP contribution in [0.25, 0.3) is 0 Å². The van der Waals surface area contributed by atoms with Gasteiger partial charge in [-0.15, -0.1) is 0 Å². The topological polar surface area (TPSA) is 75.7 Å². The van der Waals surface area contributed by atoms with Crippen molar-refractivity contribution in [1.82, 2.24) is 4.31 Å². The second-order valence-electron chi connectivity index (χ2n) is 5.93. The molecule has 0 unspecified atom stereocenters. The minimum absolute atomic E-state index is 0.0139. The molecule has 1 aliphatic rings. The third kappa shape index (κ3) is 3.77. The van der Waals surface area contributed by atoms with E-state index >= 15 is 0 Å². The zero-order valence-corrected chi connectivity index (χ0v) is 15.1. The van der Waals surface area contributed by atoms with E-state index in [1.807, 2.05) is 0 Å². The van der Waals surface area contributed by atoms with Crippen LogP contribution in [-0.2, 0) is 14.8 Å². The van der Waals surface area contributed by atoms with Gasteiger partial charge < -0.3 is 10.1 Å². The maximum atomic E-state index is 13.7. The molecule has 0 radical (unpaired) electrons. The van der Waals surface area contributed by atoms with Crippen LogP contribution in [0.5, 0.6) is 0 Å². The molecule has 8 heteroatoms. The summed E-state index contributed by atoms with van der Waals surface area (Å²) in [6.07, 6.45) is 0. The Morgan fingerprint density at radius 3 is 2.54 bits per heavy atom. The Morgan fingerprint density at radius 2 is 1.85 bits per heavy atom. The number of carbonyl (C=O) groups is 1. The highest BCUT2D eigenvalue weighted by atomic mass is 32.2. The Hall–Kier alpha value is -2.29. The number of anilines is 1. The van der Waals surface area contributed by atoms with Crippen LogP contribution in [0.4, 0.5) is 10.1 Å². The molecule has 1 fully saturated rings. The summed E-state index contributed by atoms with van der Waals surface area (Å²) in [7, 11) is -3.83. The van der Waals surface area contributed by atoms with Crippen LogP contribution in [0.1, 0.15) is 15.9 Å². The van der Waals surface area contributed by atoms with Crippen molar-refractivity contribution in [3.8, 4) is 0 Å². The molecule has 0 atom stereocenters. The van der Waals surface area contributed by atoms with Gasteiger partial charge in [0.25, 0.3) is 5.91 Å². The minimum atomic E-state index is -3.83. The normalized spacial score (nSPS) is 15.6. The van der Waals surface area contributed by atoms with Crippen LogP contribution in [0.15, 0.2) is 47.4 Å². The van der Waals surface area contributed by atoms with Crippen LogP contribution < -0.4 is 5.32 Å². The third-order valence-electron chi connectivity index (χ3n) is 4.15. The van der Waals surface area contributed by atoms with Gasteiger partial charge in [-0.1, -0.05) is 18.2 Å². The van der Waals surface area contributed by atoms with Crippen molar-refractivity contribution in [2.24, 2.45) is 0 Å². The molecule has 1 aliphatic heterocycles. The summed E-state index contributed by atoms with van der Waals surface area (Å²) in [5.41, 5.74) is 0.731. The first kappa shape index (κ1) is 18.5. The smallest absolute Gasteiger partial charge is 0.257 e. The van der Waals surface area contributed by atoms with Crippen LogP contribution >= 0.6 is 0 Å². The summed E-state index contributed by atoms with van der Waals surface area (Å²) in [4.78, 5) is 12.5. The average molecular weight is 378 g/mol. The lowest BCUT2D eigenvalue weighted by atomic mass is 10.2. The fraction of sp³-hybridized carbons (Fsp3) is 0.278.